The molecule has 114 valence electrons. The molecule has 0 unspecified atom stereocenters. The molecular weight excluding hydrogens is 290 g/mol. The zero-order valence-electron chi connectivity index (χ0n) is 11.9. The molecule has 21 heavy (non-hydrogen) atoms. The second kappa shape index (κ2) is 10.2. The lowest BCUT2D eigenvalue weighted by molar-refractivity contribution is 0.173. The molecule has 2 aromatic heterocycles. The van der Waals surface area contributed by atoms with Crippen LogP contribution in [-0.4, -0.2) is 39.7 Å². The van der Waals surface area contributed by atoms with Gasteiger partial charge in [-0.05, 0) is 31.3 Å². The molecule has 6 heteroatoms. The number of hydrogen-bond donors (Lipinski definition) is 3. The van der Waals surface area contributed by atoms with E-state index in [-0.39, 0.29) is 5.88 Å². The smallest absolute Gasteiger partial charge is 0.109 e. The number of rotatable bonds is 5. The summed E-state index contributed by atoms with van der Waals surface area (Å²) in [6.45, 7) is 0.539. The van der Waals surface area contributed by atoms with E-state index in [2.05, 4.69) is 15.3 Å². The van der Waals surface area contributed by atoms with Gasteiger partial charge in [0.05, 0.1) is 17.3 Å². The fraction of sp³-hybridized carbons (Fsp3) is 0.333. The zero-order valence-corrected chi connectivity index (χ0v) is 12.6. The Morgan fingerprint density at radius 1 is 1.00 bits per heavy atom. The molecule has 0 bridgehead atoms. The van der Waals surface area contributed by atoms with Gasteiger partial charge in [-0.2, -0.15) is 0 Å². The van der Waals surface area contributed by atoms with Crippen LogP contribution in [0.25, 0.3) is 0 Å². The van der Waals surface area contributed by atoms with Gasteiger partial charge < -0.3 is 15.5 Å². The van der Waals surface area contributed by atoms with Gasteiger partial charge in [0.1, 0.15) is 12.2 Å². The fourth-order valence-corrected chi connectivity index (χ4v) is 1.68. The number of nitrogens with one attached hydrogen (secondary N) is 1. The number of aromatic nitrogens is 2. The Labute approximate surface area is 129 Å². The molecule has 0 aliphatic heterocycles. The summed E-state index contributed by atoms with van der Waals surface area (Å²) in [5, 5.41) is 21.4. The fourth-order valence-electron chi connectivity index (χ4n) is 1.52. The second-order valence-electron chi connectivity index (χ2n) is 4.25. The van der Waals surface area contributed by atoms with E-state index in [1.165, 1.54) is 0 Å². The van der Waals surface area contributed by atoms with Gasteiger partial charge in [-0.3, -0.25) is 9.97 Å². The van der Waals surface area contributed by atoms with Gasteiger partial charge in [0.25, 0.3) is 0 Å². The van der Waals surface area contributed by atoms with Crippen molar-refractivity contribution < 1.29 is 10.2 Å². The van der Waals surface area contributed by atoms with Gasteiger partial charge in [0, 0.05) is 18.9 Å². The van der Waals surface area contributed by atoms with Gasteiger partial charge in [0.15, 0.2) is 0 Å². The van der Waals surface area contributed by atoms with Crippen molar-refractivity contribution in [2.45, 2.75) is 12.2 Å². The van der Waals surface area contributed by atoms with Crippen LogP contribution in [0.2, 0.25) is 0 Å². The maximum Gasteiger partial charge on any atom is 0.109 e. The Bertz CT molecular complexity index is 485. The molecule has 0 aromatic carbocycles. The molecule has 0 fully saturated rings. The first-order valence-electron chi connectivity index (χ1n) is 6.57. The van der Waals surface area contributed by atoms with Crippen LogP contribution in [0, 0.1) is 0 Å². The van der Waals surface area contributed by atoms with Gasteiger partial charge in [0.2, 0.25) is 0 Å². The van der Waals surface area contributed by atoms with Crippen LogP contribution in [0.15, 0.2) is 48.8 Å². The molecule has 0 amide bonds. The van der Waals surface area contributed by atoms with Crippen LogP contribution in [0.5, 0.6) is 0 Å². The summed E-state index contributed by atoms with van der Waals surface area (Å²) in [4.78, 5) is 7.92. The predicted octanol–water partition coefficient (Wildman–Crippen LogP) is 1.69. The van der Waals surface area contributed by atoms with Crippen molar-refractivity contribution in [1.82, 2.24) is 15.3 Å². The highest BCUT2D eigenvalue weighted by molar-refractivity contribution is 6.18. The van der Waals surface area contributed by atoms with Crippen LogP contribution >= 0.6 is 11.6 Å². The van der Waals surface area contributed by atoms with Crippen molar-refractivity contribution in [2.24, 2.45) is 0 Å². The Hall–Kier alpha value is -1.53. The lowest BCUT2D eigenvalue weighted by Gasteiger charge is -2.07. The topological polar surface area (TPSA) is 78.3 Å². The SMILES string of the molecule is CNC[C@H](O)c1ccccn1.O[C@@H](CCl)c1ccccn1. The Kier molecular flexibility index (Phi) is 8.54. The largest absolute Gasteiger partial charge is 0.386 e. The molecule has 2 aromatic rings. The van der Waals surface area contributed by atoms with Crippen molar-refractivity contribution >= 4 is 11.6 Å². The minimum atomic E-state index is -0.636. The lowest BCUT2D eigenvalue weighted by Crippen LogP contribution is -2.17. The minimum absolute atomic E-state index is 0.191. The molecule has 0 aliphatic rings. The number of pyridine rings is 2. The Morgan fingerprint density at radius 3 is 1.90 bits per heavy atom. The summed E-state index contributed by atoms with van der Waals surface area (Å²) in [7, 11) is 1.80. The second-order valence-corrected chi connectivity index (χ2v) is 4.56. The van der Waals surface area contributed by atoms with E-state index in [4.69, 9.17) is 16.7 Å². The van der Waals surface area contributed by atoms with E-state index in [0.717, 1.165) is 0 Å². The first-order chi connectivity index (χ1) is 10.2. The molecule has 0 radical (unpaired) electrons. The normalized spacial score (nSPS) is 13.0. The van der Waals surface area contributed by atoms with Crippen molar-refractivity contribution in [3.05, 3.63) is 60.2 Å². The maximum atomic E-state index is 9.40. The third-order valence-electron chi connectivity index (χ3n) is 2.60. The van der Waals surface area contributed by atoms with Crippen molar-refractivity contribution in [2.75, 3.05) is 19.5 Å². The van der Waals surface area contributed by atoms with Crippen molar-refractivity contribution in [3.8, 4) is 0 Å². The van der Waals surface area contributed by atoms with Crippen LogP contribution in [0.3, 0.4) is 0 Å². The summed E-state index contributed by atoms with van der Waals surface area (Å²) >= 11 is 5.40. The summed E-state index contributed by atoms with van der Waals surface area (Å²) in [6, 6.07) is 10.9. The first kappa shape index (κ1) is 17.5. The number of aliphatic hydroxyl groups is 2. The Morgan fingerprint density at radius 2 is 1.52 bits per heavy atom. The van der Waals surface area contributed by atoms with Crippen molar-refractivity contribution in [3.63, 3.8) is 0 Å². The van der Waals surface area contributed by atoms with Crippen LogP contribution < -0.4 is 5.32 Å². The number of aliphatic hydroxyl groups excluding tert-OH is 2. The molecule has 2 atom stereocenters. The highest BCUT2D eigenvalue weighted by Crippen LogP contribution is 2.09. The molecule has 5 nitrogen and oxygen atoms in total. The van der Waals surface area contributed by atoms with Gasteiger partial charge in [-0.25, -0.2) is 0 Å². The standard InChI is InChI=1S/C8H12N2O.C7H8ClNO/c1-9-6-8(11)7-4-2-3-5-10-7;8-5-7(10)6-3-1-2-4-9-6/h2-5,8-9,11H,6H2,1H3;1-4,7,10H,5H2/t8-;7-/m00/s1. The van der Waals surface area contributed by atoms with Crippen LogP contribution in [-0.2, 0) is 0 Å². The molecule has 0 saturated heterocycles. The average molecular weight is 310 g/mol. The third-order valence-corrected chi connectivity index (χ3v) is 2.89. The Balaban J connectivity index is 0.000000211. The first-order valence-corrected chi connectivity index (χ1v) is 7.11. The molecule has 2 rings (SSSR count). The van der Waals surface area contributed by atoms with Crippen molar-refractivity contribution in [1.29, 1.82) is 0 Å². The molecular formula is C15H20ClN3O2. The molecule has 3 N–H and O–H groups in total. The van der Waals surface area contributed by atoms with Gasteiger partial charge in [-0.1, -0.05) is 12.1 Å². The molecule has 2 heterocycles. The maximum absolute atomic E-state index is 9.40. The number of likely N-dealkylation sites (N-methyl/N-ethyl adjacent to an activating group) is 1. The third kappa shape index (κ3) is 6.64. The van der Waals surface area contributed by atoms with E-state index in [9.17, 15) is 5.11 Å². The summed E-state index contributed by atoms with van der Waals surface area (Å²) < 4.78 is 0. The van der Waals surface area contributed by atoms with E-state index >= 15 is 0 Å². The summed E-state index contributed by atoms with van der Waals surface area (Å²) in [5.74, 6) is 0.191. The summed E-state index contributed by atoms with van der Waals surface area (Å²) in [5.41, 5.74) is 1.33. The van der Waals surface area contributed by atoms with E-state index in [1.54, 1.807) is 31.6 Å². The highest BCUT2D eigenvalue weighted by atomic mass is 35.5. The monoisotopic (exact) mass is 309 g/mol. The number of hydrogen-bond acceptors (Lipinski definition) is 5. The number of nitrogens with zero attached hydrogens (tertiary/aromatic N) is 2. The van der Waals surface area contributed by atoms with Gasteiger partial charge in [-0.15, -0.1) is 11.6 Å². The lowest BCUT2D eigenvalue weighted by atomic mass is 10.2. The number of halogens is 1. The molecule has 0 saturated carbocycles. The average Bonchev–Trinajstić information content (AvgIpc) is 2.56. The molecule has 0 aliphatic carbocycles. The highest BCUT2D eigenvalue weighted by Gasteiger charge is 2.05. The molecule has 0 spiro atoms. The zero-order chi connectivity index (χ0) is 15.5. The quantitative estimate of drug-likeness (QED) is 0.733. The van der Waals surface area contributed by atoms with E-state index in [0.29, 0.717) is 17.9 Å². The van der Waals surface area contributed by atoms with Gasteiger partial charge >= 0.3 is 0 Å². The summed E-state index contributed by atoms with van der Waals surface area (Å²) in [6.07, 6.45) is 2.17. The van der Waals surface area contributed by atoms with Crippen LogP contribution in [0.4, 0.5) is 0 Å². The van der Waals surface area contributed by atoms with Crippen LogP contribution in [0.1, 0.15) is 23.6 Å². The number of alkyl halides is 1. The van der Waals surface area contributed by atoms with E-state index in [1.807, 2.05) is 24.3 Å². The minimum Gasteiger partial charge on any atom is -0.386 e. The van der Waals surface area contributed by atoms with E-state index < -0.39 is 12.2 Å². The predicted molar refractivity (Wildman–Crippen MR) is 83.0 cm³/mol.